The molecule has 0 aliphatic carbocycles. The number of aromatic nitrogens is 4. The number of H-pyrrole nitrogens is 1. The van der Waals surface area contributed by atoms with Crippen molar-refractivity contribution in [3.8, 4) is 22.8 Å². The zero-order valence-electron chi connectivity index (χ0n) is 15.3. The van der Waals surface area contributed by atoms with E-state index < -0.39 is 0 Å². The molecule has 8 heteroatoms. The van der Waals surface area contributed by atoms with Crippen LogP contribution in [0.3, 0.4) is 0 Å². The number of aromatic amines is 1. The van der Waals surface area contributed by atoms with E-state index in [1.165, 1.54) is 13.0 Å². The Labute approximate surface area is 155 Å². The van der Waals surface area contributed by atoms with Crippen LogP contribution in [0.2, 0.25) is 0 Å². The number of carbonyl (C=O) groups is 1. The molecule has 138 valence electrons. The molecule has 0 unspecified atom stereocenters. The predicted molar refractivity (Wildman–Crippen MR) is 98.5 cm³/mol. The van der Waals surface area contributed by atoms with Crippen LogP contribution >= 0.6 is 0 Å². The van der Waals surface area contributed by atoms with Crippen molar-refractivity contribution in [2.45, 2.75) is 33.7 Å². The number of fused-ring (bicyclic) bond motifs is 1. The lowest BCUT2D eigenvalue weighted by Gasteiger charge is -2.19. The Morgan fingerprint density at radius 3 is 2.89 bits per heavy atom. The van der Waals surface area contributed by atoms with Crippen LogP contribution in [-0.2, 0) is 13.0 Å². The number of nitrogens with zero attached hydrogens (tertiary/aromatic N) is 3. The standard InChI is InChI=1S/C19H19N5O3/c1-9-14(11(3)25)6-15(18(26)22-9)19-23-17(24-27-19)16-10(2)21-8-12-7-20-5-4-13(12)16/h6,8,20H,4-5,7H2,1-3H3,(H,22,26). The van der Waals surface area contributed by atoms with Gasteiger partial charge in [0.15, 0.2) is 5.78 Å². The van der Waals surface area contributed by atoms with E-state index in [-0.39, 0.29) is 22.8 Å². The Morgan fingerprint density at radius 2 is 2.11 bits per heavy atom. The van der Waals surface area contributed by atoms with Crippen molar-refractivity contribution < 1.29 is 9.32 Å². The summed E-state index contributed by atoms with van der Waals surface area (Å²) in [6, 6.07) is 1.50. The molecule has 2 N–H and O–H groups in total. The number of aryl methyl sites for hydroxylation is 2. The first kappa shape index (κ1) is 17.3. The molecule has 1 aliphatic heterocycles. The summed E-state index contributed by atoms with van der Waals surface area (Å²) in [5, 5.41) is 7.40. The van der Waals surface area contributed by atoms with Crippen LogP contribution in [-0.4, -0.2) is 32.4 Å². The minimum absolute atomic E-state index is 0.0830. The van der Waals surface area contributed by atoms with Crippen molar-refractivity contribution in [1.82, 2.24) is 25.4 Å². The smallest absolute Gasteiger partial charge is 0.263 e. The third kappa shape index (κ3) is 2.97. The van der Waals surface area contributed by atoms with Crippen LogP contribution in [0, 0.1) is 13.8 Å². The first-order valence-corrected chi connectivity index (χ1v) is 8.73. The summed E-state index contributed by atoms with van der Waals surface area (Å²) in [7, 11) is 0. The summed E-state index contributed by atoms with van der Waals surface area (Å²) in [5.74, 6) is 0.340. The van der Waals surface area contributed by atoms with Crippen LogP contribution in [0.25, 0.3) is 22.8 Å². The topological polar surface area (TPSA) is 114 Å². The second kappa shape index (κ2) is 6.55. The molecule has 0 amide bonds. The fraction of sp³-hybridized carbons (Fsp3) is 0.316. The zero-order valence-corrected chi connectivity index (χ0v) is 15.3. The summed E-state index contributed by atoms with van der Waals surface area (Å²) in [6.07, 6.45) is 2.71. The van der Waals surface area contributed by atoms with E-state index in [0.29, 0.717) is 17.1 Å². The molecule has 0 atom stereocenters. The molecule has 0 saturated carbocycles. The predicted octanol–water partition coefficient (Wildman–Crippen LogP) is 1.95. The average Bonchev–Trinajstić information content (AvgIpc) is 3.10. The van der Waals surface area contributed by atoms with Gasteiger partial charge in [-0.05, 0) is 50.9 Å². The van der Waals surface area contributed by atoms with Gasteiger partial charge in [-0.3, -0.25) is 14.6 Å². The second-order valence-corrected chi connectivity index (χ2v) is 6.68. The van der Waals surface area contributed by atoms with E-state index in [2.05, 4.69) is 25.4 Å². The van der Waals surface area contributed by atoms with Gasteiger partial charge >= 0.3 is 0 Å². The van der Waals surface area contributed by atoms with Crippen LogP contribution in [0.5, 0.6) is 0 Å². The normalized spacial score (nSPS) is 13.4. The highest BCUT2D eigenvalue weighted by Gasteiger charge is 2.22. The van der Waals surface area contributed by atoms with E-state index in [9.17, 15) is 9.59 Å². The molecule has 3 aromatic rings. The number of Topliss-reactive ketones (excluding diaryl/α,β-unsaturated/α-hetero) is 1. The lowest BCUT2D eigenvalue weighted by atomic mass is 9.95. The summed E-state index contributed by atoms with van der Waals surface area (Å²) in [6.45, 7) is 6.65. The fourth-order valence-corrected chi connectivity index (χ4v) is 3.45. The summed E-state index contributed by atoms with van der Waals surface area (Å²) in [5.41, 5.74) is 4.66. The summed E-state index contributed by atoms with van der Waals surface area (Å²) >= 11 is 0. The van der Waals surface area contributed by atoms with Gasteiger partial charge in [-0.25, -0.2) is 0 Å². The molecular weight excluding hydrogens is 346 g/mol. The number of carbonyl (C=O) groups excluding carboxylic acids is 1. The molecule has 0 spiro atoms. The van der Waals surface area contributed by atoms with Crippen molar-refractivity contribution in [2.24, 2.45) is 0 Å². The molecule has 3 aromatic heterocycles. The number of pyridine rings is 2. The Balaban J connectivity index is 1.84. The molecule has 1 aliphatic rings. The van der Waals surface area contributed by atoms with Crippen molar-refractivity contribution in [1.29, 1.82) is 0 Å². The molecule has 0 aromatic carbocycles. The Hall–Kier alpha value is -3.13. The maximum absolute atomic E-state index is 12.3. The maximum Gasteiger partial charge on any atom is 0.263 e. The monoisotopic (exact) mass is 365 g/mol. The summed E-state index contributed by atoms with van der Waals surface area (Å²) < 4.78 is 5.37. The second-order valence-electron chi connectivity index (χ2n) is 6.68. The van der Waals surface area contributed by atoms with Gasteiger partial charge < -0.3 is 14.8 Å². The van der Waals surface area contributed by atoms with E-state index in [1.54, 1.807) is 6.92 Å². The van der Waals surface area contributed by atoms with E-state index in [0.717, 1.165) is 41.9 Å². The maximum atomic E-state index is 12.3. The SMILES string of the molecule is CC(=O)c1cc(-c2nc(-c3c(C)ncc4c3CCNC4)no2)c(=O)[nH]c1C. The molecule has 4 heterocycles. The van der Waals surface area contributed by atoms with Crippen LogP contribution in [0.4, 0.5) is 0 Å². The van der Waals surface area contributed by atoms with Gasteiger partial charge in [0.25, 0.3) is 11.4 Å². The lowest BCUT2D eigenvalue weighted by Crippen LogP contribution is -2.24. The van der Waals surface area contributed by atoms with Crippen molar-refractivity contribution >= 4 is 5.78 Å². The Kier molecular flexibility index (Phi) is 4.19. The quantitative estimate of drug-likeness (QED) is 0.682. The van der Waals surface area contributed by atoms with Crippen molar-refractivity contribution in [3.05, 3.63) is 50.7 Å². The van der Waals surface area contributed by atoms with Crippen molar-refractivity contribution in [3.63, 3.8) is 0 Å². The molecule has 0 saturated heterocycles. The fourth-order valence-electron chi connectivity index (χ4n) is 3.45. The molecule has 0 radical (unpaired) electrons. The van der Waals surface area contributed by atoms with E-state index in [4.69, 9.17) is 4.52 Å². The Bertz CT molecular complexity index is 1110. The molecule has 27 heavy (non-hydrogen) atoms. The molecule has 4 rings (SSSR count). The highest BCUT2D eigenvalue weighted by Crippen LogP contribution is 2.30. The van der Waals surface area contributed by atoms with Crippen molar-refractivity contribution in [2.75, 3.05) is 6.54 Å². The van der Waals surface area contributed by atoms with Gasteiger partial charge in [0, 0.05) is 35.3 Å². The van der Waals surface area contributed by atoms with Gasteiger partial charge in [0.05, 0.1) is 0 Å². The van der Waals surface area contributed by atoms with Gasteiger partial charge in [-0.15, -0.1) is 0 Å². The van der Waals surface area contributed by atoms with Crippen LogP contribution < -0.4 is 10.9 Å². The molecular formula is C19H19N5O3. The number of nitrogens with one attached hydrogen (secondary N) is 2. The highest BCUT2D eigenvalue weighted by molar-refractivity contribution is 5.96. The number of ketones is 1. The Morgan fingerprint density at radius 1 is 1.30 bits per heavy atom. The first-order chi connectivity index (χ1) is 13.0. The highest BCUT2D eigenvalue weighted by atomic mass is 16.5. The first-order valence-electron chi connectivity index (χ1n) is 8.73. The van der Waals surface area contributed by atoms with Gasteiger partial charge in [0.1, 0.15) is 5.56 Å². The third-order valence-corrected chi connectivity index (χ3v) is 4.83. The van der Waals surface area contributed by atoms with E-state index in [1.807, 2.05) is 13.1 Å². The third-order valence-electron chi connectivity index (χ3n) is 4.83. The minimum atomic E-state index is -0.373. The molecule has 0 bridgehead atoms. The van der Waals surface area contributed by atoms with Gasteiger partial charge in [0.2, 0.25) is 5.82 Å². The largest absolute Gasteiger partial charge is 0.333 e. The lowest BCUT2D eigenvalue weighted by molar-refractivity contribution is 0.101. The van der Waals surface area contributed by atoms with E-state index >= 15 is 0 Å². The number of hydrogen-bond donors (Lipinski definition) is 2. The van der Waals surface area contributed by atoms with Gasteiger partial charge in [-0.2, -0.15) is 4.98 Å². The summed E-state index contributed by atoms with van der Waals surface area (Å²) in [4.78, 5) is 35.7. The minimum Gasteiger partial charge on any atom is -0.333 e. The average molecular weight is 365 g/mol. The zero-order chi connectivity index (χ0) is 19.1. The van der Waals surface area contributed by atoms with Crippen LogP contribution in [0.15, 0.2) is 21.6 Å². The number of hydrogen-bond acceptors (Lipinski definition) is 7. The number of rotatable bonds is 3. The molecule has 0 fully saturated rings. The van der Waals surface area contributed by atoms with Gasteiger partial charge in [-0.1, -0.05) is 5.16 Å². The van der Waals surface area contributed by atoms with Crippen LogP contribution in [0.1, 0.15) is 39.8 Å². The molecule has 8 nitrogen and oxygen atoms in total.